The molecule has 2 N–H and O–H groups in total. The lowest BCUT2D eigenvalue weighted by Gasteiger charge is -2.15. The van der Waals surface area contributed by atoms with Gasteiger partial charge in [0, 0.05) is 12.0 Å². The van der Waals surface area contributed by atoms with Crippen molar-refractivity contribution in [2.45, 2.75) is 26.3 Å². The molecule has 0 aliphatic carbocycles. The summed E-state index contributed by atoms with van der Waals surface area (Å²) in [4.78, 5) is 32.9. The molecular weight excluding hydrogens is 330 g/mol. The maximum Gasteiger partial charge on any atom is 0.326 e. The van der Waals surface area contributed by atoms with Gasteiger partial charge in [0.15, 0.2) is 0 Å². The lowest BCUT2D eigenvalue weighted by molar-refractivity contribution is -0.139. The first kappa shape index (κ1) is 17.5. The quantitative estimate of drug-likeness (QED) is 0.739. The van der Waals surface area contributed by atoms with Crippen LogP contribution in [-0.2, 0) is 11.2 Å². The molecule has 1 atom stereocenters. The largest absolute Gasteiger partial charge is 0.480 e. The lowest BCUT2D eigenvalue weighted by atomic mass is 10.1. The van der Waals surface area contributed by atoms with Crippen LogP contribution in [0.25, 0.3) is 11.0 Å². The van der Waals surface area contributed by atoms with Gasteiger partial charge in [-0.1, -0.05) is 30.3 Å². The fourth-order valence-corrected chi connectivity index (χ4v) is 2.66. The number of carbonyl (C=O) groups is 2. The van der Waals surface area contributed by atoms with Crippen molar-refractivity contribution < 1.29 is 14.7 Å². The van der Waals surface area contributed by atoms with E-state index in [1.807, 2.05) is 44.2 Å². The molecule has 0 bridgehead atoms. The Morgan fingerprint density at radius 3 is 2.31 bits per heavy atom. The first-order valence-corrected chi connectivity index (χ1v) is 8.26. The summed E-state index contributed by atoms with van der Waals surface area (Å²) in [5.41, 5.74) is 4.13. The van der Waals surface area contributed by atoms with Gasteiger partial charge in [-0.2, -0.15) is 0 Å². The van der Waals surface area contributed by atoms with Crippen LogP contribution in [0.4, 0.5) is 0 Å². The highest BCUT2D eigenvalue weighted by Crippen LogP contribution is 2.15. The number of benzene rings is 2. The number of hydrogen-bond donors (Lipinski definition) is 2. The maximum atomic E-state index is 12.5. The molecule has 3 aromatic rings. The van der Waals surface area contributed by atoms with Gasteiger partial charge >= 0.3 is 5.97 Å². The zero-order chi connectivity index (χ0) is 18.7. The minimum Gasteiger partial charge on any atom is -0.480 e. The lowest BCUT2D eigenvalue weighted by Crippen LogP contribution is -2.42. The van der Waals surface area contributed by atoms with Gasteiger partial charge in [-0.15, -0.1) is 0 Å². The number of nitrogens with zero attached hydrogens (tertiary/aromatic N) is 2. The number of rotatable bonds is 5. The van der Waals surface area contributed by atoms with Crippen LogP contribution in [-0.4, -0.2) is 33.0 Å². The van der Waals surface area contributed by atoms with E-state index < -0.39 is 17.9 Å². The minimum atomic E-state index is -1.07. The van der Waals surface area contributed by atoms with Crippen LogP contribution in [0.1, 0.15) is 27.3 Å². The molecule has 0 saturated carbocycles. The standard InChI is InChI=1S/C20H19N3O3/c1-12-13(2)22-17-11-15(8-9-16(17)21-12)19(24)23-18(20(25)26)10-14-6-4-3-5-7-14/h3-9,11,18H,10H2,1-2H3,(H,23,24)(H,25,26)/t18-/m1/s1. The number of aliphatic carboxylic acids is 1. The van der Waals surface area contributed by atoms with E-state index in [0.717, 1.165) is 17.0 Å². The van der Waals surface area contributed by atoms with Crippen LogP contribution in [0, 0.1) is 13.8 Å². The average molecular weight is 349 g/mol. The van der Waals surface area contributed by atoms with Crippen molar-refractivity contribution in [2.24, 2.45) is 0 Å². The molecule has 26 heavy (non-hydrogen) atoms. The fourth-order valence-electron chi connectivity index (χ4n) is 2.66. The minimum absolute atomic E-state index is 0.216. The van der Waals surface area contributed by atoms with E-state index in [9.17, 15) is 14.7 Å². The molecule has 132 valence electrons. The van der Waals surface area contributed by atoms with Gasteiger partial charge in [0.1, 0.15) is 6.04 Å². The number of aryl methyl sites for hydroxylation is 2. The van der Waals surface area contributed by atoms with Gasteiger partial charge in [-0.05, 0) is 37.6 Å². The zero-order valence-electron chi connectivity index (χ0n) is 14.6. The summed E-state index contributed by atoms with van der Waals surface area (Å²) < 4.78 is 0. The highest BCUT2D eigenvalue weighted by molar-refractivity contribution is 5.99. The van der Waals surface area contributed by atoms with Crippen LogP contribution >= 0.6 is 0 Å². The van der Waals surface area contributed by atoms with E-state index in [4.69, 9.17) is 0 Å². The third kappa shape index (κ3) is 3.85. The van der Waals surface area contributed by atoms with Crippen molar-refractivity contribution in [3.63, 3.8) is 0 Å². The Hall–Kier alpha value is -3.28. The van der Waals surface area contributed by atoms with Gasteiger partial charge in [0.2, 0.25) is 0 Å². The monoisotopic (exact) mass is 349 g/mol. The van der Waals surface area contributed by atoms with E-state index in [1.54, 1.807) is 18.2 Å². The number of hydrogen-bond acceptors (Lipinski definition) is 4. The Labute approximate surface area is 150 Å². The molecule has 0 aliphatic rings. The van der Waals surface area contributed by atoms with Crippen molar-refractivity contribution >= 4 is 22.9 Å². The molecule has 1 amide bonds. The second-order valence-corrected chi connectivity index (χ2v) is 6.15. The number of aromatic nitrogens is 2. The van der Waals surface area contributed by atoms with E-state index in [0.29, 0.717) is 16.6 Å². The van der Waals surface area contributed by atoms with Crippen LogP contribution in [0.5, 0.6) is 0 Å². The van der Waals surface area contributed by atoms with E-state index in [1.165, 1.54) is 0 Å². The number of carboxylic acid groups (broad SMARTS) is 1. The second-order valence-electron chi connectivity index (χ2n) is 6.15. The Morgan fingerprint density at radius 2 is 1.65 bits per heavy atom. The van der Waals surface area contributed by atoms with Crippen LogP contribution < -0.4 is 5.32 Å². The number of nitrogens with one attached hydrogen (secondary N) is 1. The molecule has 2 aromatic carbocycles. The highest BCUT2D eigenvalue weighted by Gasteiger charge is 2.21. The first-order chi connectivity index (χ1) is 12.4. The fraction of sp³-hybridized carbons (Fsp3) is 0.200. The molecule has 6 nitrogen and oxygen atoms in total. The summed E-state index contributed by atoms with van der Waals surface area (Å²) >= 11 is 0. The van der Waals surface area contributed by atoms with Crippen LogP contribution in [0.3, 0.4) is 0 Å². The molecule has 0 spiro atoms. The van der Waals surface area contributed by atoms with E-state index in [-0.39, 0.29) is 6.42 Å². The maximum absolute atomic E-state index is 12.5. The molecule has 1 heterocycles. The highest BCUT2D eigenvalue weighted by atomic mass is 16.4. The van der Waals surface area contributed by atoms with Gasteiger partial charge in [-0.3, -0.25) is 4.79 Å². The smallest absolute Gasteiger partial charge is 0.326 e. The van der Waals surface area contributed by atoms with Crippen molar-refractivity contribution in [3.8, 4) is 0 Å². The molecule has 6 heteroatoms. The first-order valence-electron chi connectivity index (χ1n) is 8.26. The van der Waals surface area contributed by atoms with E-state index >= 15 is 0 Å². The summed E-state index contributed by atoms with van der Waals surface area (Å²) in [5.74, 6) is -1.52. The summed E-state index contributed by atoms with van der Waals surface area (Å²) in [6, 6.07) is 13.2. The molecule has 0 saturated heterocycles. The number of amides is 1. The van der Waals surface area contributed by atoms with Crippen LogP contribution in [0.2, 0.25) is 0 Å². The average Bonchev–Trinajstić information content (AvgIpc) is 2.62. The Morgan fingerprint density at radius 1 is 1.00 bits per heavy atom. The summed E-state index contributed by atoms with van der Waals surface area (Å²) in [5, 5.41) is 12.0. The molecular formula is C20H19N3O3. The van der Waals surface area contributed by atoms with Gasteiger partial charge in [-0.25, -0.2) is 14.8 Å². The Balaban J connectivity index is 1.82. The summed E-state index contributed by atoms with van der Waals surface area (Å²) in [7, 11) is 0. The normalized spacial score (nSPS) is 11.9. The SMILES string of the molecule is Cc1nc2ccc(C(=O)N[C@H](Cc3ccccc3)C(=O)O)cc2nc1C. The second kappa shape index (κ2) is 7.31. The van der Waals surface area contributed by atoms with Gasteiger partial charge in [0.25, 0.3) is 5.91 Å². The van der Waals surface area contributed by atoms with Gasteiger partial charge in [0.05, 0.1) is 22.4 Å². The van der Waals surface area contributed by atoms with Crippen molar-refractivity contribution in [1.82, 2.24) is 15.3 Å². The Kier molecular flexibility index (Phi) is 4.93. The zero-order valence-corrected chi connectivity index (χ0v) is 14.6. The predicted molar refractivity (Wildman–Crippen MR) is 98.0 cm³/mol. The van der Waals surface area contributed by atoms with Crippen molar-refractivity contribution in [2.75, 3.05) is 0 Å². The topological polar surface area (TPSA) is 92.2 Å². The molecule has 0 fully saturated rings. The number of carbonyl (C=O) groups excluding carboxylic acids is 1. The number of fused-ring (bicyclic) bond motifs is 1. The molecule has 1 aromatic heterocycles. The third-order valence-corrected chi connectivity index (χ3v) is 4.22. The molecule has 0 unspecified atom stereocenters. The van der Waals surface area contributed by atoms with Crippen LogP contribution in [0.15, 0.2) is 48.5 Å². The summed E-state index contributed by atoms with van der Waals surface area (Å²) in [6.07, 6.45) is 0.216. The van der Waals surface area contributed by atoms with Crippen molar-refractivity contribution in [1.29, 1.82) is 0 Å². The molecule has 3 rings (SSSR count). The van der Waals surface area contributed by atoms with Crippen molar-refractivity contribution in [3.05, 3.63) is 71.0 Å². The Bertz CT molecular complexity index is 971. The van der Waals surface area contributed by atoms with E-state index in [2.05, 4.69) is 15.3 Å². The summed E-state index contributed by atoms with van der Waals surface area (Å²) in [6.45, 7) is 3.73. The molecule has 0 aliphatic heterocycles. The third-order valence-electron chi connectivity index (χ3n) is 4.22. The predicted octanol–water partition coefficient (Wildman–Crippen LogP) is 2.67. The molecule has 0 radical (unpaired) electrons. The number of carboxylic acids is 1. The van der Waals surface area contributed by atoms with Gasteiger partial charge < -0.3 is 10.4 Å².